The quantitative estimate of drug-likeness (QED) is 0.800. The molecule has 1 spiro atoms. The summed E-state index contributed by atoms with van der Waals surface area (Å²) in [7, 11) is 0. The van der Waals surface area contributed by atoms with Crippen LogP contribution in [0.5, 0.6) is 0 Å². The van der Waals surface area contributed by atoms with Crippen LogP contribution in [0.25, 0.3) is 0 Å². The zero-order valence-corrected chi connectivity index (χ0v) is 10.9. The Balaban J connectivity index is 1.52. The first kappa shape index (κ1) is 11.9. The van der Waals surface area contributed by atoms with Crippen molar-refractivity contribution in [3.8, 4) is 0 Å². The maximum absolute atomic E-state index is 6.07. The molecule has 3 nitrogen and oxygen atoms in total. The number of hydrogen-bond acceptors (Lipinski definition) is 3. The van der Waals surface area contributed by atoms with Crippen LogP contribution >= 0.6 is 0 Å². The van der Waals surface area contributed by atoms with Crippen LogP contribution in [0.4, 0.5) is 0 Å². The molecule has 1 saturated carbocycles. The minimum Gasteiger partial charge on any atom is -0.381 e. The van der Waals surface area contributed by atoms with Gasteiger partial charge in [0.05, 0.1) is 5.60 Å². The molecule has 2 saturated heterocycles. The number of nitrogens with one attached hydrogen (secondary N) is 1. The molecule has 1 unspecified atom stereocenters. The van der Waals surface area contributed by atoms with Crippen LogP contribution in [0, 0.1) is 5.92 Å². The third-order valence-electron chi connectivity index (χ3n) is 4.74. The molecular weight excluding hydrogens is 214 g/mol. The molecule has 0 aromatic rings. The Kier molecular flexibility index (Phi) is 3.42. The molecule has 0 radical (unpaired) electrons. The first-order valence-electron chi connectivity index (χ1n) is 7.24. The average molecular weight is 239 g/mol. The van der Waals surface area contributed by atoms with Crippen LogP contribution < -0.4 is 5.32 Å². The second-order valence-electron chi connectivity index (χ2n) is 6.27. The van der Waals surface area contributed by atoms with Crippen molar-refractivity contribution in [2.24, 2.45) is 5.92 Å². The highest BCUT2D eigenvalue weighted by molar-refractivity contribution is 4.94. The van der Waals surface area contributed by atoms with Gasteiger partial charge in [-0.15, -0.1) is 0 Å². The summed E-state index contributed by atoms with van der Waals surface area (Å²) in [6.07, 6.45) is 7.30. The van der Waals surface area contributed by atoms with Crippen molar-refractivity contribution in [3.05, 3.63) is 0 Å². The van der Waals surface area contributed by atoms with E-state index < -0.39 is 0 Å². The smallest absolute Gasteiger partial charge is 0.0741 e. The van der Waals surface area contributed by atoms with E-state index in [1.165, 1.54) is 25.7 Å². The summed E-state index contributed by atoms with van der Waals surface area (Å²) in [5, 5.41) is 3.84. The Labute approximate surface area is 104 Å². The van der Waals surface area contributed by atoms with Crippen molar-refractivity contribution in [3.63, 3.8) is 0 Å². The molecule has 1 aliphatic carbocycles. The monoisotopic (exact) mass is 239 g/mol. The average Bonchev–Trinajstić information content (AvgIpc) is 2.28. The molecule has 0 amide bonds. The van der Waals surface area contributed by atoms with Crippen molar-refractivity contribution in [1.82, 2.24) is 5.32 Å². The Morgan fingerprint density at radius 1 is 1.06 bits per heavy atom. The van der Waals surface area contributed by atoms with Crippen molar-refractivity contribution in [1.29, 1.82) is 0 Å². The summed E-state index contributed by atoms with van der Waals surface area (Å²) in [5.41, 5.74) is 0.142. The van der Waals surface area contributed by atoms with Gasteiger partial charge in [0, 0.05) is 31.9 Å². The summed E-state index contributed by atoms with van der Waals surface area (Å²) in [6.45, 7) is 5.04. The largest absolute Gasteiger partial charge is 0.381 e. The lowest BCUT2D eigenvalue weighted by Gasteiger charge is -2.46. The lowest BCUT2D eigenvalue weighted by Crippen LogP contribution is -2.53. The summed E-state index contributed by atoms with van der Waals surface area (Å²) in [4.78, 5) is 0. The van der Waals surface area contributed by atoms with Crippen molar-refractivity contribution in [2.75, 3.05) is 19.8 Å². The van der Waals surface area contributed by atoms with Gasteiger partial charge in [-0.25, -0.2) is 0 Å². The summed E-state index contributed by atoms with van der Waals surface area (Å²) < 4.78 is 11.5. The van der Waals surface area contributed by atoms with Crippen LogP contribution in [0.3, 0.4) is 0 Å². The van der Waals surface area contributed by atoms with Crippen molar-refractivity contribution in [2.45, 2.75) is 63.1 Å². The summed E-state index contributed by atoms with van der Waals surface area (Å²) in [6, 6.07) is 1.46. The standard InChI is InChI=1S/C14H25NO2/c1-11-8-13(9-11)15-12-2-5-17-14(10-12)3-6-16-7-4-14/h11-13,15H,2-10H2,1H3. The molecule has 0 aromatic heterocycles. The minimum absolute atomic E-state index is 0.142. The van der Waals surface area contributed by atoms with E-state index in [0.717, 1.165) is 44.6 Å². The maximum atomic E-state index is 6.07. The lowest BCUT2D eigenvalue weighted by atomic mass is 9.79. The maximum Gasteiger partial charge on any atom is 0.0741 e. The topological polar surface area (TPSA) is 30.5 Å². The first-order chi connectivity index (χ1) is 8.26. The first-order valence-corrected chi connectivity index (χ1v) is 7.24. The van der Waals surface area contributed by atoms with Crippen molar-refractivity contribution >= 4 is 0 Å². The zero-order chi connectivity index (χ0) is 11.7. The molecule has 3 fully saturated rings. The Morgan fingerprint density at radius 2 is 1.82 bits per heavy atom. The van der Waals surface area contributed by atoms with Crippen LogP contribution in [0.1, 0.15) is 45.4 Å². The van der Waals surface area contributed by atoms with E-state index in [-0.39, 0.29) is 5.60 Å². The van der Waals surface area contributed by atoms with E-state index in [1.807, 2.05) is 0 Å². The number of hydrogen-bond donors (Lipinski definition) is 1. The second-order valence-corrected chi connectivity index (χ2v) is 6.27. The fourth-order valence-corrected chi connectivity index (χ4v) is 3.63. The molecular formula is C14H25NO2. The normalized spacial score (nSPS) is 41.1. The fourth-order valence-electron chi connectivity index (χ4n) is 3.63. The third-order valence-corrected chi connectivity index (χ3v) is 4.74. The third kappa shape index (κ3) is 2.67. The lowest BCUT2D eigenvalue weighted by molar-refractivity contribution is -0.141. The van der Waals surface area contributed by atoms with Gasteiger partial charge in [-0.2, -0.15) is 0 Å². The summed E-state index contributed by atoms with van der Waals surface area (Å²) in [5.74, 6) is 0.935. The summed E-state index contributed by atoms with van der Waals surface area (Å²) >= 11 is 0. The van der Waals surface area contributed by atoms with E-state index in [9.17, 15) is 0 Å². The van der Waals surface area contributed by atoms with Gasteiger partial charge in [-0.05, 0) is 44.4 Å². The number of ether oxygens (including phenoxy) is 2. The highest BCUT2D eigenvalue weighted by Crippen LogP contribution is 2.35. The molecule has 17 heavy (non-hydrogen) atoms. The van der Waals surface area contributed by atoms with Gasteiger partial charge in [0.15, 0.2) is 0 Å². The van der Waals surface area contributed by atoms with Crippen molar-refractivity contribution < 1.29 is 9.47 Å². The van der Waals surface area contributed by atoms with Crippen LogP contribution in [0.15, 0.2) is 0 Å². The predicted molar refractivity (Wildman–Crippen MR) is 67.1 cm³/mol. The van der Waals surface area contributed by atoms with Gasteiger partial charge < -0.3 is 14.8 Å². The van der Waals surface area contributed by atoms with Crippen LogP contribution in [0.2, 0.25) is 0 Å². The van der Waals surface area contributed by atoms with Gasteiger partial charge in [-0.3, -0.25) is 0 Å². The van der Waals surface area contributed by atoms with Gasteiger partial charge in [0.2, 0.25) is 0 Å². The fraction of sp³-hybridized carbons (Fsp3) is 1.00. The molecule has 1 atom stereocenters. The molecule has 3 rings (SSSR count). The van der Waals surface area contributed by atoms with Crippen LogP contribution in [-0.4, -0.2) is 37.5 Å². The second kappa shape index (κ2) is 4.87. The van der Waals surface area contributed by atoms with E-state index in [2.05, 4.69) is 12.2 Å². The highest BCUT2D eigenvalue weighted by atomic mass is 16.5. The molecule has 3 heteroatoms. The predicted octanol–water partition coefficient (Wildman–Crippen LogP) is 2.10. The van der Waals surface area contributed by atoms with Gasteiger partial charge in [-0.1, -0.05) is 6.92 Å². The van der Waals surface area contributed by atoms with Gasteiger partial charge >= 0.3 is 0 Å². The SMILES string of the molecule is CC1CC(NC2CCOC3(CCOCC3)C2)C1. The minimum atomic E-state index is 0.142. The van der Waals surface area contributed by atoms with E-state index >= 15 is 0 Å². The molecule has 3 aliphatic rings. The molecule has 0 aromatic carbocycles. The Bertz CT molecular complexity index is 251. The van der Waals surface area contributed by atoms with Crippen LogP contribution in [-0.2, 0) is 9.47 Å². The highest BCUT2D eigenvalue weighted by Gasteiger charge is 2.40. The molecule has 1 N–H and O–H groups in total. The number of rotatable bonds is 2. The van der Waals surface area contributed by atoms with E-state index in [0.29, 0.717) is 6.04 Å². The van der Waals surface area contributed by atoms with E-state index in [4.69, 9.17) is 9.47 Å². The molecule has 98 valence electrons. The Hall–Kier alpha value is -0.120. The molecule has 2 heterocycles. The van der Waals surface area contributed by atoms with Gasteiger partial charge in [0.1, 0.15) is 0 Å². The molecule has 0 bridgehead atoms. The molecule has 2 aliphatic heterocycles. The van der Waals surface area contributed by atoms with E-state index in [1.54, 1.807) is 0 Å². The Morgan fingerprint density at radius 3 is 2.53 bits per heavy atom. The zero-order valence-electron chi connectivity index (χ0n) is 10.9. The van der Waals surface area contributed by atoms with Gasteiger partial charge in [0.25, 0.3) is 0 Å².